The summed E-state index contributed by atoms with van der Waals surface area (Å²) in [6.07, 6.45) is 0.340. The Hall–Kier alpha value is -1.36. The summed E-state index contributed by atoms with van der Waals surface area (Å²) in [6.45, 7) is 5.79. The maximum atomic E-state index is 11.5. The van der Waals surface area contributed by atoms with Crippen molar-refractivity contribution in [3.63, 3.8) is 0 Å². The van der Waals surface area contributed by atoms with Crippen molar-refractivity contribution in [2.75, 3.05) is 6.61 Å². The van der Waals surface area contributed by atoms with E-state index >= 15 is 0 Å². The minimum atomic E-state index is -0.767. The van der Waals surface area contributed by atoms with Gasteiger partial charge in [0.05, 0.1) is 17.2 Å². The normalized spacial score (nSPS) is 10.4. The second kappa shape index (κ2) is 8.04. The fourth-order valence-electron chi connectivity index (χ4n) is 1.52. The first-order chi connectivity index (χ1) is 9.40. The highest BCUT2D eigenvalue weighted by atomic mass is 79.9. The van der Waals surface area contributed by atoms with Crippen LogP contribution in [0.1, 0.15) is 32.3 Å². The number of benzene rings is 1. The molecular weight excluding hydrogens is 324 g/mol. The molecule has 110 valence electrons. The molecule has 20 heavy (non-hydrogen) atoms. The molecule has 0 heterocycles. The van der Waals surface area contributed by atoms with Gasteiger partial charge in [0.25, 0.3) is 0 Å². The monoisotopic (exact) mass is 342 g/mol. The highest BCUT2D eigenvalue weighted by Gasteiger charge is 2.16. The van der Waals surface area contributed by atoms with Gasteiger partial charge < -0.3 is 9.47 Å². The van der Waals surface area contributed by atoms with Crippen LogP contribution in [0.3, 0.4) is 0 Å². The van der Waals surface area contributed by atoms with Gasteiger partial charge in [-0.05, 0) is 60.8 Å². The number of hydrogen-bond donors (Lipinski definition) is 0. The van der Waals surface area contributed by atoms with Crippen molar-refractivity contribution in [3.05, 3.63) is 28.2 Å². The first-order valence-corrected chi connectivity index (χ1v) is 7.32. The highest BCUT2D eigenvalue weighted by Crippen LogP contribution is 2.25. The number of ether oxygens (including phenoxy) is 2. The van der Waals surface area contributed by atoms with E-state index in [1.54, 1.807) is 13.8 Å². The third-order valence-electron chi connectivity index (χ3n) is 2.46. The van der Waals surface area contributed by atoms with Gasteiger partial charge in [-0.2, -0.15) is 0 Å². The molecule has 1 rings (SSSR count). The summed E-state index contributed by atoms with van der Waals surface area (Å²) in [5.74, 6) is -0.547. The maximum Gasteiger partial charge on any atom is 0.374 e. The molecule has 0 aliphatic rings. The smallest absolute Gasteiger partial charge is 0.374 e. The van der Waals surface area contributed by atoms with E-state index in [1.807, 2.05) is 25.1 Å². The minimum absolute atomic E-state index is 0.134. The summed E-state index contributed by atoms with van der Waals surface area (Å²) >= 11 is 3.41. The maximum absolute atomic E-state index is 11.5. The van der Waals surface area contributed by atoms with Crippen LogP contribution >= 0.6 is 15.9 Å². The van der Waals surface area contributed by atoms with Crippen molar-refractivity contribution >= 4 is 27.7 Å². The summed E-state index contributed by atoms with van der Waals surface area (Å²) < 4.78 is 11.3. The Labute approximate surface area is 127 Å². The minimum Gasteiger partial charge on any atom is -0.492 e. The molecule has 0 aliphatic carbocycles. The van der Waals surface area contributed by atoms with Gasteiger partial charge in [-0.1, -0.05) is 6.07 Å². The largest absolute Gasteiger partial charge is 0.492 e. The van der Waals surface area contributed by atoms with Crippen LogP contribution in [0.25, 0.3) is 0 Å². The van der Waals surface area contributed by atoms with E-state index in [0.717, 1.165) is 15.8 Å². The number of halogens is 1. The van der Waals surface area contributed by atoms with Gasteiger partial charge in [-0.25, -0.2) is 4.79 Å². The van der Waals surface area contributed by atoms with Gasteiger partial charge >= 0.3 is 5.97 Å². The van der Waals surface area contributed by atoms with Crippen LogP contribution in [0.4, 0.5) is 0 Å². The lowest BCUT2D eigenvalue weighted by Crippen LogP contribution is -2.21. The fourth-order valence-corrected chi connectivity index (χ4v) is 2.13. The molecular formula is C15H19BrO4. The number of ketones is 1. The van der Waals surface area contributed by atoms with Crippen molar-refractivity contribution in [1.82, 2.24) is 0 Å². The zero-order chi connectivity index (χ0) is 15.1. The third kappa shape index (κ3) is 5.74. The van der Waals surface area contributed by atoms with Gasteiger partial charge in [0.2, 0.25) is 5.78 Å². The molecule has 1 aromatic rings. The van der Waals surface area contributed by atoms with Crippen LogP contribution in [0, 0.1) is 6.92 Å². The van der Waals surface area contributed by atoms with Gasteiger partial charge in [0, 0.05) is 6.42 Å². The van der Waals surface area contributed by atoms with Crippen molar-refractivity contribution in [3.8, 4) is 5.75 Å². The zero-order valence-electron chi connectivity index (χ0n) is 11.9. The molecule has 0 radical (unpaired) electrons. The van der Waals surface area contributed by atoms with E-state index in [9.17, 15) is 9.59 Å². The van der Waals surface area contributed by atoms with E-state index in [-0.39, 0.29) is 12.5 Å². The quantitative estimate of drug-likeness (QED) is 0.432. The van der Waals surface area contributed by atoms with Gasteiger partial charge in [0.1, 0.15) is 5.75 Å². The lowest BCUT2D eigenvalue weighted by molar-refractivity contribution is -0.156. The first-order valence-electron chi connectivity index (χ1n) is 6.53. The van der Waals surface area contributed by atoms with Gasteiger partial charge in [0.15, 0.2) is 0 Å². The lowest BCUT2D eigenvalue weighted by Gasteiger charge is -2.09. The molecule has 0 N–H and O–H groups in total. The number of Topliss-reactive ketones (excluding diaryl/α,β-unsaturated/α-hetero) is 1. The second-order valence-electron chi connectivity index (χ2n) is 4.76. The molecule has 0 fully saturated rings. The molecule has 0 aliphatic heterocycles. The Kier molecular flexibility index (Phi) is 6.71. The van der Waals surface area contributed by atoms with Gasteiger partial charge in [-0.15, -0.1) is 0 Å². The molecule has 5 heteroatoms. The molecule has 0 spiro atoms. The van der Waals surface area contributed by atoms with Crippen LogP contribution in [0.2, 0.25) is 0 Å². The number of esters is 1. The Morgan fingerprint density at radius 3 is 2.60 bits per heavy atom. The number of carbonyl (C=O) groups excluding carboxylic acids is 2. The highest BCUT2D eigenvalue weighted by molar-refractivity contribution is 9.10. The van der Waals surface area contributed by atoms with Crippen molar-refractivity contribution in [2.45, 2.75) is 39.7 Å². The Balaban J connectivity index is 2.31. The van der Waals surface area contributed by atoms with Crippen molar-refractivity contribution in [2.24, 2.45) is 0 Å². The molecule has 1 aromatic carbocycles. The molecule has 0 unspecified atom stereocenters. The summed E-state index contributed by atoms with van der Waals surface area (Å²) in [6, 6.07) is 5.78. The molecule has 0 atom stereocenters. The average Bonchev–Trinajstić information content (AvgIpc) is 2.35. The Morgan fingerprint density at radius 2 is 2.00 bits per heavy atom. The molecule has 0 bridgehead atoms. The Morgan fingerprint density at radius 1 is 1.30 bits per heavy atom. The molecule has 0 saturated heterocycles. The predicted octanol–water partition coefficient (Wildman–Crippen LogP) is 3.44. The van der Waals surface area contributed by atoms with Crippen LogP contribution < -0.4 is 4.74 Å². The van der Waals surface area contributed by atoms with Crippen LogP contribution in [-0.2, 0) is 14.3 Å². The summed E-state index contributed by atoms with van der Waals surface area (Å²) in [4.78, 5) is 22.8. The van der Waals surface area contributed by atoms with Crippen molar-refractivity contribution in [1.29, 1.82) is 0 Å². The molecule has 4 nitrogen and oxygen atoms in total. The van der Waals surface area contributed by atoms with E-state index in [0.29, 0.717) is 13.0 Å². The van der Waals surface area contributed by atoms with Gasteiger partial charge in [-0.3, -0.25) is 4.79 Å². The summed E-state index contributed by atoms with van der Waals surface area (Å²) in [5, 5.41) is 0. The SMILES string of the molecule is Cc1ccc(OCCCC(=O)C(=O)OC(C)C)c(Br)c1. The van der Waals surface area contributed by atoms with E-state index in [1.165, 1.54) is 0 Å². The predicted molar refractivity (Wildman–Crippen MR) is 79.8 cm³/mol. The van der Waals surface area contributed by atoms with Crippen LogP contribution in [0.5, 0.6) is 5.75 Å². The molecule has 0 amide bonds. The first kappa shape index (κ1) is 16.7. The Bertz CT molecular complexity index is 483. The van der Waals surface area contributed by atoms with E-state index in [2.05, 4.69) is 15.9 Å². The lowest BCUT2D eigenvalue weighted by atomic mass is 10.2. The van der Waals surface area contributed by atoms with E-state index in [4.69, 9.17) is 9.47 Å². The summed E-state index contributed by atoms with van der Waals surface area (Å²) in [5.41, 5.74) is 1.14. The second-order valence-corrected chi connectivity index (χ2v) is 5.62. The fraction of sp³-hybridized carbons (Fsp3) is 0.467. The number of carbonyl (C=O) groups is 2. The number of rotatable bonds is 7. The third-order valence-corrected chi connectivity index (χ3v) is 3.08. The average molecular weight is 343 g/mol. The standard InChI is InChI=1S/C15H19BrO4/c1-10(2)20-15(18)13(17)5-4-8-19-14-7-6-11(3)9-12(14)16/h6-7,9-10H,4-5,8H2,1-3H3. The number of aryl methyl sites for hydroxylation is 1. The van der Waals surface area contributed by atoms with Crippen LogP contribution in [-0.4, -0.2) is 24.5 Å². The molecule has 0 aromatic heterocycles. The number of hydrogen-bond acceptors (Lipinski definition) is 4. The summed E-state index contributed by atoms with van der Waals surface area (Å²) in [7, 11) is 0. The zero-order valence-corrected chi connectivity index (χ0v) is 13.5. The molecule has 0 saturated carbocycles. The topological polar surface area (TPSA) is 52.6 Å². The van der Waals surface area contributed by atoms with E-state index < -0.39 is 11.8 Å². The van der Waals surface area contributed by atoms with Crippen LogP contribution in [0.15, 0.2) is 22.7 Å². The van der Waals surface area contributed by atoms with Crippen molar-refractivity contribution < 1.29 is 19.1 Å².